The van der Waals surface area contributed by atoms with Crippen LogP contribution in [0.3, 0.4) is 0 Å². The normalized spacial score (nSPS) is 16.3. The largest absolute Gasteiger partial charge is 0.383 e. The van der Waals surface area contributed by atoms with Gasteiger partial charge in [-0.15, -0.1) is 11.3 Å². The van der Waals surface area contributed by atoms with Gasteiger partial charge in [-0.2, -0.15) is 0 Å². The predicted octanol–water partition coefficient (Wildman–Crippen LogP) is 4.89. The molecule has 5 nitrogen and oxygen atoms in total. The molecule has 27 heavy (non-hydrogen) atoms. The van der Waals surface area contributed by atoms with Crippen LogP contribution in [-0.4, -0.2) is 21.6 Å². The molecule has 8 heteroatoms. The molecule has 1 aromatic carbocycles. The number of thioether (sulfide) groups is 1. The highest BCUT2D eigenvalue weighted by atomic mass is 79.9. The lowest BCUT2D eigenvalue weighted by Gasteiger charge is -2.17. The van der Waals surface area contributed by atoms with Crippen molar-refractivity contribution in [1.82, 2.24) is 9.97 Å². The monoisotopic (exact) mass is 462 g/mol. The van der Waals surface area contributed by atoms with Crippen molar-refractivity contribution in [2.75, 3.05) is 16.8 Å². The smallest absolute Gasteiger partial charge is 0.234 e. The molecule has 0 spiro atoms. The first-order valence-corrected chi connectivity index (χ1v) is 11.3. The number of rotatable bonds is 4. The second kappa shape index (κ2) is 7.77. The Bertz CT molecular complexity index is 1000. The van der Waals surface area contributed by atoms with Crippen LogP contribution in [0, 0.1) is 5.92 Å². The van der Waals surface area contributed by atoms with Crippen molar-refractivity contribution < 1.29 is 4.79 Å². The molecule has 1 aliphatic rings. The molecule has 1 atom stereocenters. The fraction of sp³-hybridized carbons (Fsp3) is 0.316. The molecular formula is C19H19BrN4OS2. The van der Waals surface area contributed by atoms with Crippen molar-refractivity contribution in [3.63, 3.8) is 0 Å². The van der Waals surface area contributed by atoms with Gasteiger partial charge in [0.05, 0.1) is 11.1 Å². The number of hydrogen-bond donors (Lipinski definition) is 2. The lowest BCUT2D eigenvalue weighted by Crippen LogP contribution is -2.14. The predicted molar refractivity (Wildman–Crippen MR) is 117 cm³/mol. The van der Waals surface area contributed by atoms with E-state index >= 15 is 0 Å². The van der Waals surface area contributed by atoms with E-state index in [-0.39, 0.29) is 11.7 Å². The zero-order valence-corrected chi connectivity index (χ0v) is 18.0. The van der Waals surface area contributed by atoms with Gasteiger partial charge in [-0.25, -0.2) is 9.97 Å². The minimum Gasteiger partial charge on any atom is -0.383 e. The molecule has 0 bridgehead atoms. The molecule has 140 valence electrons. The van der Waals surface area contributed by atoms with E-state index in [0.29, 0.717) is 16.9 Å². The molecule has 0 saturated carbocycles. The molecule has 0 unspecified atom stereocenters. The number of benzene rings is 1. The number of carbonyl (C=O) groups excluding carboxylic acids is 1. The van der Waals surface area contributed by atoms with Crippen LogP contribution in [0.1, 0.15) is 23.8 Å². The summed E-state index contributed by atoms with van der Waals surface area (Å²) in [7, 11) is 0. The topological polar surface area (TPSA) is 80.9 Å². The number of fused-ring (bicyclic) bond motifs is 3. The number of amides is 1. The Labute approximate surface area is 174 Å². The molecular weight excluding hydrogens is 444 g/mol. The lowest BCUT2D eigenvalue weighted by molar-refractivity contribution is -0.113. The third kappa shape index (κ3) is 4.12. The second-order valence-corrected chi connectivity index (χ2v) is 9.71. The molecule has 0 radical (unpaired) electrons. The van der Waals surface area contributed by atoms with E-state index in [0.717, 1.165) is 33.2 Å². The summed E-state index contributed by atoms with van der Waals surface area (Å²) in [5.41, 5.74) is 8.33. The molecule has 3 N–H and O–H groups in total. The average molecular weight is 463 g/mol. The van der Waals surface area contributed by atoms with Gasteiger partial charge in [-0.3, -0.25) is 4.79 Å². The van der Waals surface area contributed by atoms with E-state index < -0.39 is 0 Å². The summed E-state index contributed by atoms with van der Waals surface area (Å²) in [6.07, 6.45) is 3.32. The maximum atomic E-state index is 12.2. The third-order valence-electron chi connectivity index (χ3n) is 4.62. The molecule has 0 saturated heterocycles. The quantitative estimate of drug-likeness (QED) is 0.425. The zero-order chi connectivity index (χ0) is 19.0. The van der Waals surface area contributed by atoms with Crippen molar-refractivity contribution >= 4 is 66.7 Å². The zero-order valence-electron chi connectivity index (χ0n) is 14.8. The number of thiophene rings is 1. The van der Waals surface area contributed by atoms with E-state index in [1.807, 2.05) is 24.3 Å². The Hall–Kier alpha value is -1.64. The SMILES string of the molecule is C[C@H]1CCc2c(sc3nc(SCC(=O)Nc4ccc(Br)cc4)nc(N)c23)C1. The summed E-state index contributed by atoms with van der Waals surface area (Å²) in [5, 5.41) is 4.44. The Kier molecular flexibility index (Phi) is 5.39. The summed E-state index contributed by atoms with van der Waals surface area (Å²) in [4.78, 5) is 23.6. The molecule has 1 aliphatic carbocycles. The van der Waals surface area contributed by atoms with Crippen molar-refractivity contribution in [3.05, 3.63) is 39.2 Å². The van der Waals surface area contributed by atoms with Crippen molar-refractivity contribution in [2.45, 2.75) is 31.3 Å². The number of halogens is 1. The minimum atomic E-state index is -0.0936. The van der Waals surface area contributed by atoms with Crippen LogP contribution in [0.25, 0.3) is 10.2 Å². The first-order chi connectivity index (χ1) is 13.0. The van der Waals surface area contributed by atoms with E-state index in [1.165, 1.54) is 28.6 Å². The number of nitrogens with zero attached hydrogens (tertiary/aromatic N) is 2. The molecule has 4 rings (SSSR count). The van der Waals surface area contributed by atoms with Gasteiger partial charge in [0.1, 0.15) is 10.6 Å². The Morgan fingerprint density at radius 3 is 2.93 bits per heavy atom. The molecule has 1 amide bonds. The first-order valence-electron chi connectivity index (χ1n) is 8.75. The van der Waals surface area contributed by atoms with Gasteiger partial charge < -0.3 is 11.1 Å². The van der Waals surface area contributed by atoms with Gasteiger partial charge in [0.25, 0.3) is 0 Å². The maximum Gasteiger partial charge on any atom is 0.234 e. The van der Waals surface area contributed by atoms with Gasteiger partial charge in [0, 0.05) is 15.0 Å². The summed E-state index contributed by atoms with van der Waals surface area (Å²) in [6.45, 7) is 2.29. The van der Waals surface area contributed by atoms with Crippen LogP contribution in [0.2, 0.25) is 0 Å². The van der Waals surface area contributed by atoms with E-state index in [4.69, 9.17) is 5.73 Å². The summed E-state index contributed by atoms with van der Waals surface area (Å²) in [5.74, 6) is 1.38. The Morgan fingerprint density at radius 2 is 2.15 bits per heavy atom. The van der Waals surface area contributed by atoms with Crippen molar-refractivity contribution in [3.8, 4) is 0 Å². The number of hydrogen-bond acceptors (Lipinski definition) is 6. The molecule has 0 aliphatic heterocycles. The van der Waals surface area contributed by atoms with E-state index in [9.17, 15) is 4.79 Å². The Balaban J connectivity index is 1.47. The lowest BCUT2D eigenvalue weighted by atomic mass is 9.89. The van der Waals surface area contributed by atoms with E-state index in [1.54, 1.807) is 11.3 Å². The van der Waals surface area contributed by atoms with Gasteiger partial charge in [0.15, 0.2) is 5.16 Å². The maximum absolute atomic E-state index is 12.2. The number of carbonyl (C=O) groups is 1. The number of nitrogen functional groups attached to an aromatic ring is 1. The molecule has 0 fully saturated rings. The van der Waals surface area contributed by atoms with Crippen LogP contribution in [0.4, 0.5) is 11.5 Å². The van der Waals surface area contributed by atoms with Crippen molar-refractivity contribution in [1.29, 1.82) is 0 Å². The van der Waals surface area contributed by atoms with Gasteiger partial charge in [-0.05, 0) is 55.0 Å². The fourth-order valence-corrected chi connectivity index (χ4v) is 5.64. The van der Waals surface area contributed by atoms with Crippen LogP contribution < -0.4 is 11.1 Å². The van der Waals surface area contributed by atoms with Gasteiger partial charge >= 0.3 is 0 Å². The summed E-state index contributed by atoms with van der Waals surface area (Å²) >= 11 is 6.41. The first kappa shape index (κ1) is 18.7. The van der Waals surface area contributed by atoms with Crippen LogP contribution in [-0.2, 0) is 17.6 Å². The minimum absolute atomic E-state index is 0.0936. The molecule has 2 heterocycles. The number of aryl methyl sites for hydroxylation is 1. The highest BCUT2D eigenvalue weighted by molar-refractivity contribution is 9.10. The number of anilines is 2. The molecule has 3 aromatic rings. The number of aromatic nitrogens is 2. The van der Waals surface area contributed by atoms with Crippen LogP contribution in [0.15, 0.2) is 33.9 Å². The third-order valence-corrected chi connectivity index (χ3v) is 7.15. The molecule has 2 aromatic heterocycles. The number of nitrogens with two attached hydrogens (primary N) is 1. The average Bonchev–Trinajstić information content (AvgIpc) is 2.99. The standard InChI is InChI=1S/C19H19BrN4OS2/c1-10-2-7-13-14(8-10)27-18-16(13)17(21)23-19(24-18)26-9-15(25)22-12-5-3-11(20)4-6-12/h3-6,10H,2,7-9H2,1H3,(H,22,25)(H2,21,23,24)/t10-/m0/s1. The van der Waals surface area contributed by atoms with Crippen LogP contribution in [0.5, 0.6) is 0 Å². The second-order valence-electron chi connectivity index (χ2n) is 6.77. The number of nitrogens with one attached hydrogen (secondary N) is 1. The van der Waals surface area contributed by atoms with E-state index in [2.05, 4.69) is 38.1 Å². The highest BCUT2D eigenvalue weighted by Crippen LogP contribution is 2.39. The Morgan fingerprint density at radius 1 is 1.37 bits per heavy atom. The van der Waals surface area contributed by atoms with Crippen molar-refractivity contribution in [2.24, 2.45) is 5.92 Å². The van der Waals surface area contributed by atoms with Crippen LogP contribution >= 0.6 is 39.0 Å². The highest BCUT2D eigenvalue weighted by Gasteiger charge is 2.23. The van der Waals surface area contributed by atoms with Gasteiger partial charge in [0.2, 0.25) is 5.91 Å². The van der Waals surface area contributed by atoms with Gasteiger partial charge in [-0.1, -0.05) is 34.6 Å². The fourth-order valence-electron chi connectivity index (χ4n) is 3.28. The summed E-state index contributed by atoms with van der Waals surface area (Å²) in [6, 6.07) is 7.48. The summed E-state index contributed by atoms with van der Waals surface area (Å²) < 4.78 is 0.972.